The van der Waals surface area contributed by atoms with E-state index in [0.717, 1.165) is 37.3 Å². The van der Waals surface area contributed by atoms with Crippen molar-refractivity contribution >= 4 is 0 Å². The number of aliphatic hydroxyl groups excluding tert-OH is 1. The van der Waals surface area contributed by atoms with Crippen molar-refractivity contribution in [1.29, 1.82) is 0 Å². The van der Waals surface area contributed by atoms with E-state index in [1.807, 2.05) is 4.68 Å². The summed E-state index contributed by atoms with van der Waals surface area (Å²) in [6.07, 6.45) is 0.912. The summed E-state index contributed by atoms with van der Waals surface area (Å²) in [7, 11) is 1.60. The lowest BCUT2D eigenvalue weighted by atomic mass is 10.1. The molecule has 0 fully saturated rings. The van der Waals surface area contributed by atoms with E-state index in [2.05, 4.69) is 27.1 Å². The summed E-state index contributed by atoms with van der Waals surface area (Å²) in [6.45, 7) is 5.47. The Hall–Kier alpha value is -1.77. The van der Waals surface area contributed by atoms with Crippen LogP contribution in [0.25, 0.3) is 0 Å². The molecular weight excluding hydrogens is 286 g/mol. The Kier molecular flexibility index (Phi) is 4.51. The van der Waals surface area contributed by atoms with Crippen LogP contribution in [0.15, 0.2) is 4.52 Å². The van der Waals surface area contributed by atoms with Gasteiger partial charge in [-0.05, 0) is 6.92 Å². The molecule has 2 aromatic rings. The van der Waals surface area contributed by atoms with Crippen molar-refractivity contribution in [2.45, 2.75) is 46.2 Å². The van der Waals surface area contributed by atoms with Crippen molar-refractivity contribution in [3.05, 3.63) is 28.7 Å². The highest BCUT2D eigenvalue weighted by Gasteiger charge is 2.25. The van der Waals surface area contributed by atoms with Gasteiger partial charge in [-0.3, -0.25) is 9.58 Å². The van der Waals surface area contributed by atoms with Crippen LogP contribution in [0.1, 0.15) is 35.6 Å². The third-order valence-electron chi connectivity index (χ3n) is 3.89. The molecule has 3 rings (SSSR count). The van der Waals surface area contributed by atoms with Crippen molar-refractivity contribution in [2.24, 2.45) is 0 Å². The zero-order valence-corrected chi connectivity index (χ0v) is 12.9. The topological polar surface area (TPSA) is 89.4 Å². The average Bonchev–Trinajstić information content (AvgIpc) is 3.11. The second-order valence-corrected chi connectivity index (χ2v) is 5.34. The third kappa shape index (κ3) is 2.90. The predicted octanol–water partition coefficient (Wildman–Crippen LogP) is 0.483. The van der Waals surface area contributed by atoms with Crippen LogP contribution in [0.2, 0.25) is 0 Å². The van der Waals surface area contributed by atoms with Crippen molar-refractivity contribution in [3.63, 3.8) is 0 Å². The molecule has 2 aromatic heterocycles. The maximum Gasteiger partial charge on any atom is 0.240 e. The Morgan fingerprint density at radius 2 is 2.27 bits per heavy atom. The monoisotopic (exact) mass is 307 g/mol. The van der Waals surface area contributed by atoms with E-state index in [-0.39, 0.29) is 6.61 Å². The van der Waals surface area contributed by atoms with Crippen LogP contribution in [0.5, 0.6) is 0 Å². The molecule has 1 aliphatic heterocycles. The number of ether oxygens (including phenoxy) is 1. The van der Waals surface area contributed by atoms with E-state index in [9.17, 15) is 5.11 Å². The number of aryl methyl sites for hydroxylation is 1. The van der Waals surface area contributed by atoms with Gasteiger partial charge in [-0.15, -0.1) is 0 Å². The molecule has 8 heteroatoms. The van der Waals surface area contributed by atoms with Crippen LogP contribution in [-0.2, 0) is 44.0 Å². The molecule has 120 valence electrons. The Bertz CT molecular complexity index is 636. The summed E-state index contributed by atoms with van der Waals surface area (Å²) >= 11 is 0. The van der Waals surface area contributed by atoms with Gasteiger partial charge in [-0.25, -0.2) is 0 Å². The molecule has 0 atom stereocenters. The van der Waals surface area contributed by atoms with Gasteiger partial charge in [-0.2, -0.15) is 10.1 Å². The van der Waals surface area contributed by atoms with Crippen molar-refractivity contribution < 1.29 is 14.4 Å². The predicted molar refractivity (Wildman–Crippen MR) is 76.7 cm³/mol. The minimum absolute atomic E-state index is 0.0261. The van der Waals surface area contributed by atoms with Crippen LogP contribution in [0, 0.1) is 0 Å². The molecule has 8 nitrogen and oxygen atoms in total. The molecule has 1 N–H and O–H groups in total. The fourth-order valence-electron chi connectivity index (χ4n) is 2.87. The number of methoxy groups -OCH3 is 1. The number of aromatic nitrogens is 4. The van der Waals surface area contributed by atoms with Crippen LogP contribution in [0.4, 0.5) is 0 Å². The maximum absolute atomic E-state index is 9.49. The Morgan fingerprint density at radius 3 is 3.00 bits per heavy atom. The van der Waals surface area contributed by atoms with E-state index in [1.54, 1.807) is 7.11 Å². The van der Waals surface area contributed by atoms with E-state index < -0.39 is 0 Å². The summed E-state index contributed by atoms with van der Waals surface area (Å²) in [6, 6.07) is 0. The average molecular weight is 307 g/mol. The molecule has 3 heterocycles. The van der Waals surface area contributed by atoms with Crippen LogP contribution in [0.3, 0.4) is 0 Å². The Morgan fingerprint density at radius 1 is 1.41 bits per heavy atom. The first-order chi connectivity index (χ1) is 10.7. The van der Waals surface area contributed by atoms with Gasteiger partial charge in [0.25, 0.3) is 0 Å². The minimum atomic E-state index is -0.0261. The molecule has 0 bridgehead atoms. The van der Waals surface area contributed by atoms with Gasteiger partial charge < -0.3 is 14.4 Å². The molecule has 0 aromatic carbocycles. The minimum Gasteiger partial charge on any atom is -0.390 e. The van der Waals surface area contributed by atoms with E-state index in [1.165, 1.54) is 5.69 Å². The largest absolute Gasteiger partial charge is 0.390 e. The molecule has 0 radical (unpaired) electrons. The molecular formula is C14H21N5O3. The quantitative estimate of drug-likeness (QED) is 0.830. The number of hydrogen-bond donors (Lipinski definition) is 1. The van der Waals surface area contributed by atoms with Crippen molar-refractivity contribution in [1.82, 2.24) is 24.8 Å². The lowest BCUT2D eigenvalue weighted by molar-refractivity contribution is 0.174. The molecule has 0 spiro atoms. The molecule has 0 amide bonds. The standard InChI is InChI=1S/C14H21N5O3/c1-3-19-12-4-5-18(6-10(12)11(8-20)16-19)7-14-15-13(9-21-2)17-22-14/h20H,3-9H2,1-2H3. The number of hydrogen-bond acceptors (Lipinski definition) is 7. The van der Waals surface area contributed by atoms with E-state index in [4.69, 9.17) is 9.26 Å². The third-order valence-corrected chi connectivity index (χ3v) is 3.89. The summed E-state index contributed by atoms with van der Waals surface area (Å²) in [5.74, 6) is 1.15. The summed E-state index contributed by atoms with van der Waals surface area (Å²) < 4.78 is 12.2. The van der Waals surface area contributed by atoms with Crippen LogP contribution < -0.4 is 0 Å². The zero-order valence-electron chi connectivity index (χ0n) is 12.9. The first-order valence-corrected chi connectivity index (χ1v) is 7.46. The van der Waals surface area contributed by atoms with Gasteiger partial charge >= 0.3 is 0 Å². The number of rotatable bonds is 6. The normalized spacial score (nSPS) is 15.2. The van der Waals surface area contributed by atoms with Crippen LogP contribution in [-0.4, -0.2) is 43.6 Å². The zero-order chi connectivity index (χ0) is 15.5. The van der Waals surface area contributed by atoms with Crippen molar-refractivity contribution in [3.8, 4) is 0 Å². The lowest BCUT2D eigenvalue weighted by Crippen LogP contribution is -2.31. The van der Waals surface area contributed by atoms with Gasteiger partial charge in [0, 0.05) is 44.4 Å². The lowest BCUT2D eigenvalue weighted by Gasteiger charge is -2.26. The summed E-state index contributed by atoms with van der Waals surface area (Å²) in [5.41, 5.74) is 3.13. The fraction of sp³-hybridized carbons (Fsp3) is 0.643. The SMILES string of the molecule is CCn1nc(CO)c2c1CCN(Cc1nc(COC)no1)C2. The summed E-state index contributed by atoms with van der Waals surface area (Å²) in [5, 5.41) is 17.8. The molecule has 0 saturated carbocycles. The van der Waals surface area contributed by atoms with Crippen molar-refractivity contribution in [2.75, 3.05) is 13.7 Å². The van der Waals surface area contributed by atoms with Gasteiger partial charge in [0.2, 0.25) is 5.89 Å². The number of fused-ring (bicyclic) bond motifs is 1. The Balaban J connectivity index is 1.72. The highest BCUT2D eigenvalue weighted by molar-refractivity contribution is 5.28. The molecule has 22 heavy (non-hydrogen) atoms. The van der Waals surface area contributed by atoms with Gasteiger partial charge in [-0.1, -0.05) is 5.16 Å². The number of nitrogens with zero attached hydrogens (tertiary/aromatic N) is 5. The van der Waals surface area contributed by atoms with E-state index in [0.29, 0.717) is 24.9 Å². The highest BCUT2D eigenvalue weighted by atomic mass is 16.5. The molecule has 1 aliphatic rings. The maximum atomic E-state index is 9.49. The molecule has 0 aliphatic carbocycles. The van der Waals surface area contributed by atoms with Crippen LogP contribution >= 0.6 is 0 Å². The highest BCUT2D eigenvalue weighted by Crippen LogP contribution is 2.23. The summed E-state index contributed by atoms with van der Waals surface area (Å²) in [4.78, 5) is 6.53. The Labute approximate surface area is 128 Å². The number of aliphatic hydroxyl groups is 1. The molecule has 0 saturated heterocycles. The second-order valence-electron chi connectivity index (χ2n) is 5.34. The first-order valence-electron chi connectivity index (χ1n) is 7.46. The molecule has 0 unspecified atom stereocenters. The van der Waals surface area contributed by atoms with Gasteiger partial charge in [0.15, 0.2) is 5.82 Å². The van der Waals surface area contributed by atoms with Gasteiger partial charge in [0.1, 0.15) is 6.61 Å². The van der Waals surface area contributed by atoms with E-state index >= 15 is 0 Å². The second kappa shape index (κ2) is 6.55. The fourth-order valence-corrected chi connectivity index (χ4v) is 2.87. The van der Waals surface area contributed by atoms with Gasteiger partial charge in [0.05, 0.1) is 18.8 Å². The first kappa shape index (κ1) is 15.1. The smallest absolute Gasteiger partial charge is 0.240 e.